The molecule has 0 fully saturated rings. The number of nitrogen functional groups attached to an aromatic ring is 2. The van der Waals surface area contributed by atoms with Crippen LogP contribution < -0.4 is 11.5 Å². The Hall–Kier alpha value is -9.76. The number of hydrogen-bond acceptors (Lipinski definition) is 28. The highest BCUT2D eigenvalue weighted by Gasteiger charge is 2.34. The molecule has 3 unspecified atom stereocenters. The van der Waals surface area contributed by atoms with Crippen molar-refractivity contribution in [1.29, 1.82) is 0 Å². The van der Waals surface area contributed by atoms with Crippen LogP contribution in [0.1, 0.15) is 116 Å². The van der Waals surface area contributed by atoms with Crippen LogP contribution in [-0.4, -0.2) is 164 Å². The third-order valence-corrected chi connectivity index (χ3v) is 11.0. The Morgan fingerprint density at radius 3 is 1.07 bits per heavy atom. The molecule has 6 rings (SSSR count). The predicted octanol–water partition coefficient (Wildman–Crippen LogP) is 7.05. The molecule has 0 radical (unpaired) electrons. The minimum absolute atomic E-state index is 0.00926. The minimum Gasteiger partial charge on any atom is -0.465 e. The summed E-state index contributed by atoms with van der Waals surface area (Å²) >= 11 is 6.24. The van der Waals surface area contributed by atoms with Crippen LogP contribution in [0.5, 0.6) is 0 Å². The highest BCUT2D eigenvalue weighted by atomic mass is 79.9. The molecule has 6 heterocycles. The average Bonchev–Trinajstić information content (AvgIpc) is 1.85. The summed E-state index contributed by atoms with van der Waals surface area (Å²) in [7, 11) is 0. The van der Waals surface area contributed by atoms with Gasteiger partial charge in [0.1, 0.15) is 58.4 Å². The van der Waals surface area contributed by atoms with Gasteiger partial charge in [-0.05, 0) is 104 Å². The summed E-state index contributed by atoms with van der Waals surface area (Å²) in [5, 5.41) is 67.2. The van der Waals surface area contributed by atoms with E-state index < -0.39 is 59.1 Å². The van der Waals surface area contributed by atoms with Crippen LogP contribution in [0.2, 0.25) is 0 Å². The molecule has 0 saturated carbocycles. The number of aromatic nitrogens is 12. The molecular formula is C51H78Br2N18O20. The van der Waals surface area contributed by atoms with Crippen LogP contribution >= 0.6 is 31.9 Å². The van der Waals surface area contributed by atoms with E-state index in [4.69, 9.17) is 35.2 Å². The van der Waals surface area contributed by atoms with E-state index in [1.807, 2.05) is 0 Å². The van der Waals surface area contributed by atoms with Crippen molar-refractivity contribution in [3.8, 4) is 0 Å². The fourth-order valence-electron chi connectivity index (χ4n) is 5.35. The number of nitro groups is 4. The Labute approximate surface area is 538 Å². The van der Waals surface area contributed by atoms with E-state index in [-0.39, 0.29) is 64.7 Å². The van der Waals surface area contributed by atoms with Gasteiger partial charge in [0.25, 0.3) is 0 Å². The first-order chi connectivity index (χ1) is 42.3. The Kier molecular flexibility index (Phi) is 38.6. The Balaban J connectivity index is 0. The molecule has 6 N–H and O–H groups in total. The summed E-state index contributed by atoms with van der Waals surface area (Å²) in [5.41, 5.74) is 9.85. The number of nitrogens with one attached hydrogen (secondary N) is 2. The lowest BCUT2D eigenvalue weighted by molar-refractivity contribution is -0.385. The molecule has 0 saturated heterocycles. The van der Waals surface area contributed by atoms with Gasteiger partial charge in [0.2, 0.25) is 0 Å². The van der Waals surface area contributed by atoms with Crippen molar-refractivity contribution in [1.82, 2.24) is 59.5 Å². The monoisotopic (exact) mass is 1420 g/mol. The van der Waals surface area contributed by atoms with Gasteiger partial charge in [-0.15, -0.1) is 0 Å². The molecule has 0 aromatic carbocycles. The van der Waals surface area contributed by atoms with E-state index in [1.165, 1.54) is 55.9 Å². The number of nitrogens with two attached hydrogens (primary N) is 2. The standard InChI is InChI=1S/C9H13N3O4.C9H15N3O2.C8H11N3O4.C8H13N3O2.C6H11BrO2.C5H9BrO2.2C3H3N3O2/c1-4-16-8(13)9(2,3)11-6-7(5-10-11)12(14)15;1-4-14-8(13)9(2,3)12-6-7(10)5-11-12;1-3-15-8(12)6(2)10-5-7(4-9-10)11(13)14;1-3-13-8(12)6(2)11-5-7(9)4-10-11;1-4-9-5(8)6(2,3)7;1-3-8-5(7)4(2)6;2*7-6(8)3-1-4-5-2-3/h5-6H,4H2,1-3H3;5-6H,4,10H2,1-3H3;4-6H,3H2,1-2H3;4-6H,3,9H2,1-2H3;4H2,1-3H3;4H,3H2,1-2H3;2*1-2H,(H,4,5). The summed E-state index contributed by atoms with van der Waals surface area (Å²) in [4.78, 5) is 105. The van der Waals surface area contributed by atoms with Crippen LogP contribution in [0.15, 0.2) is 74.4 Å². The van der Waals surface area contributed by atoms with Crippen LogP contribution in [0.3, 0.4) is 0 Å². The van der Waals surface area contributed by atoms with E-state index in [2.05, 4.69) is 77.4 Å². The lowest BCUT2D eigenvalue weighted by Gasteiger charge is -2.22. The second-order valence-corrected chi connectivity index (χ2v) is 22.1. The fraction of sp³-hybridized carbons (Fsp3) is 0.529. The number of carbonyl (C=O) groups is 6. The number of halogens is 2. The SMILES string of the molecule is CCOC(=O)C(C)(C)Br.CCOC(=O)C(C)(C)n1cc(N)cn1.CCOC(=O)C(C)(C)n1cc([N+](=O)[O-])cn1.CCOC(=O)C(C)Br.CCOC(=O)C(C)n1cc(N)cn1.CCOC(=O)C(C)n1cc([N+](=O)[O-])cn1.O=[N+]([O-])c1cn[nH]c1.O=[N+]([O-])c1cn[nH]c1. The molecule has 506 valence electrons. The highest BCUT2D eigenvalue weighted by Crippen LogP contribution is 2.21. The fourth-order valence-corrected chi connectivity index (χ4v) is 5.59. The Bertz CT molecular complexity index is 3130. The highest BCUT2D eigenvalue weighted by molar-refractivity contribution is 9.10. The van der Waals surface area contributed by atoms with Crippen molar-refractivity contribution in [2.24, 2.45) is 0 Å². The van der Waals surface area contributed by atoms with E-state index in [0.29, 0.717) is 37.8 Å². The average molecular weight is 1420 g/mol. The maximum absolute atomic E-state index is 11.6. The molecule has 0 spiro atoms. The zero-order chi connectivity index (χ0) is 70.4. The summed E-state index contributed by atoms with van der Waals surface area (Å²) < 4.78 is 33.6. The summed E-state index contributed by atoms with van der Waals surface area (Å²) in [6, 6.07) is -1.07. The lowest BCUT2D eigenvalue weighted by Crippen LogP contribution is -2.37. The van der Waals surface area contributed by atoms with Crippen molar-refractivity contribution in [3.63, 3.8) is 0 Å². The van der Waals surface area contributed by atoms with E-state index in [0.717, 1.165) is 24.8 Å². The summed E-state index contributed by atoms with van der Waals surface area (Å²) in [6.45, 7) is 27.8. The van der Waals surface area contributed by atoms with Gasteiger partial charge in [0, 0.05) is 12.4 Å². The molecular weight excluding hydrogens is 1340 g/mol. The number of alkyl halides is 2. The van der Waals surface area contributed by atoms with Crippen molar-refractivity contribution < 1.29 is 76.9 Å². The minimum atomic E-state index is -1.05. The van der Waals surface area contributed by atoms with Crippen LogP contribution in [-0.2, 0) is 68.3 Å². The van der Waals surface area contributed by atoms with Crippen molar-refractivity contribution in [3.05, 3.63) is 115 Å². The van der Waals surface area contributed by atoms with Crippen molar-refractivity contribution >= 4 is 102 Å². The van der Waals surface area contributed by atoms with Gasteiger partial charge in [0.15, 0.2) is 11.1 Å². The van der Waals surface area contributed by atoms with Crippen LogP contribution in [0.25, 0.3) is 0 Å². The molecule has 0 amide bonds. The zero-order valence-electron chi connectivity index (χ0n) is 52.7. The van der Waals surface area contributed by atoms with E-state index in [9.17, 15) is 69.2 Å². The number of esters is 6. The first kappa shape index (κ1) is 83.3. The smallest absolute Gasteiger partial charge is 0.333 e. The molecule has 40 heteroatoms. The molecule has 0 aliphatic carbocycles. The number of rotatable bonds is 20. The number of nitrogens with zero attached hydrogens (tertiary/aromatic N) is 14. The molecule has 6 aromatic heterocycles. The topological polar surface area (TPSA) is 511 Å². The number of ether oxygens (including phenoxy) is 6. The van der Waals surface area contributed by atoms with Crippen LogP contribution in [0, 0.1) is 40.5 Å². The van der Waals surface area contributed by atoms with Gasteiger partial charge in [-0.1, -0.05) is 31.9 Å². The molecule has 38 nitrogen and oxygen atoms in total. The molecule has 3 atom stereocenters. The molecule has 0 bridgehead atoms. The second-order valence-electron chi connectivity index (χ2n) is 18.7. The van der Waals surface area contributed by atoms with Crippen LogP contribution in [0.4, 0.5) is 34.1 Å². The number of carbonyl (C=O) groups excluding carboxylic acids is 6. The van der Waals surface area contributed by atoms with Gasteiger partial charge in [-0.3, -0.25) is 74.3 Å². The Morgan fingerprint density at radius 2 is 0.802 bits per heavy atom. The molecule has 6 aromatic rings. The number of anilines is 2. The van der Waals surface area contributed by atoms with Gasteiger partial charge >= 0.3 is 58.6 Å². The first-order valence-electron chi connectivity index (χ1n) is 26.9. The number of aromatic amines is 2. The third-order valence-electron chi connectivity index (χ3n) is 10.3. The van der Waals surface area contributed by atoms with Crippen molar-refractivity contribution in [2.75, 3.05) is 51.1 Å². The molecule has 0 aliphatic heterocycles. The summed E-state index contributed by atoms with van der Waals surface area (Å²) in [5.74, 6) is -1.98. The lowest BCUT2D eigenvalue weighted by atomic mass is 10.1. The summed E-state index contributed by atoms with van der Waals surface area (Å²) in [6.07, 6.45) is 15.5. The van der Waals surface area contributed by atoms with Gasteiger partial charge in [0.05, 0.1) is 95.5 Å². The zero-order valence-corrected chi connectivity index (χ0v) is 55.9. The second kappa shape index (κ2) is 42.2. The first-order valence-corrected chi connectivity index (χ1v) is 28.7. The predicted molar refractivity (Wildman–Crippen MR) is 331 cm³/mol. The molecule has 0 aliphatic rings. The van der Waals surface area contributed by atoms with E-state index in [1.54, 1.807) is 116 Å². The number of hydrogen-bond donors (Lipinski definition) is 4. The normalized spacial score (nSPS) is 11.3. The van der Waals surface area contributed by atoms with Gasteiger partial charge < -0.3 is 39.9 Å². The van der Waals surface area contributed by atoms with Crippen molar-refractivity contribution in [2.45, 2.75) is 136 Å². The molecule has 91 heavy (non-hydrogen) atoms. The number of H-pyrrole nitrogens is 2. The van der Waals surface area contributed by atoms with E-state index >= 15 is 0 Å². The third kappa shape index (κ3) is 31.8. The Morgan fingerprint density at radius 1 is 0.484 bits per heavy atom. The van der Waals surface area contributed by atoms with Gasteiger partial charge in [-0.2, -0.15) is 30.6 Å². The largest absolute Gasteiger partial charge is 0.465 e. The quantitative estimate of drug-likeness (QED) is 0.0195. The maximum Gasteiger partial charge on any atom is 0.333 e. The maximum atomic E-state index is 11.6. The van der Waals surface area contributed by atoms with Gasteiger partial charge in [-0.25, -0.2) is 23.9 Å².